The molecular weight excluding hydrogens is 367 g/mol. The number of alkyl halides is 3. The second-order valence-corrected chi connectivity index (χ2v) is 6.31. The van der Waals surface area contributed by atoms with Crippen molar-refractivity contribution in [2.75, 3.05) is 11.9 Å². The molecule has 0 spiro atoms. The molecule has 1 aliphatic heterocycles. The lowest BCUT2D eigenvalue weighted by Gasteiger charge is -2.22. The van der Waals surface area contributed by atoms with Crippen LogP contribution in [-0.2, 0) is 15.7 Å². The molecule has 0 bridgehead atoms. The Hall–Kier alpha value is -2.88. The van der Waals surface area contributed by atoms with Crippen molar-refractivity contribution in [3.8, 4) is 5.69 Å². The van der Waals surface area contributed by atoms with E-state index < -0.39 is 34.9 Å². The summed E-state index contributed by atoms with van der Waals surface area (Å²) >= 11 is 0. The smallest absolute Gasteiger partial charge is 0.434 e. The first-order chi connectivity index (χ1) is 12.6. The summed E-state index contributed by atoms with van der Waals surface area (Å²) in [6, 6.07) is 5.56. The molecule has 27 heavy (non-hydrogen) atoms. The van der Waals surface area contributed by atoms with Crippen LogP contribution >= 0.6 is 0 Å². The topological polar surface area (TPSA) is 93.5 Å². The first kappa shape index (κ1) is 18.9. The van der Waals surface area contributed by atoms with Gasteiger partial charge in [-0.25, -0.2) is 9.48 Å². The van der Waals surface area contributed by atoms with E-state index in [-0.39, 0.29) is 11.4 Å². The van der Waals surface area contributed by atoms with Crippen molar-refractivity contribution in [2.24, 2.45) is 0 Å². The van der Waals surface area contributed by atoms with Crippen LogP contribution in [0.5, 0.6) is 0 Å². The normalized spacial score (nSPS) is 19.9. The summed E-state index contributed by atoms with van der Waals surface area (Å²) < 4.78 is 46.0. The molecule has 1 amide bonds. The maximum absolute atomic E-state index is 13.3. The Kier molecular flexibility index (Phi) is 4.68. The van der Waals surface area contributed by atoms with Crippen molar-refractivity contribution in [3.05, 3.63) is 41.7 Å². The van der Waals surface area contributed by atoms with E-state index in [9.17, 15) is 22.8 Å². The van der Waals surface area contributed by atoms with Crippen LogP contribution in [-0.4, -0.2) is 39.0 Å². The molecule has 7 nitrogen and oxygen atoms in total. The fourth-order valence-electron chi connectivity index (χ4n) is 2.91. The lowest BCUT2D eigenvalue weighted by atomic mass is 10.0. The standard InChI is InChI=1S/C17H16F3N3O4/c1-16(6-3-7-27-16)15(26)22-10-4-2-5-11(8-10)23-13(17(18,19)20)12(9-21-23)14(24)25/h2,4-5,8-9H,3,6-7H2,1H3,(H,22,26)(H,24,25). The van der Waals surface area contributed by atoms with E-state index in [1.807, 2.05) is 0 Å². The lowest BCUT2D eigenvalue weighted by molar-refractivity contribution is -0.143. The highest BCUT2D eigenvalue weighted by Crippen LogP contribution is 2.34. The van der Waals surface area contributed by atoms with Crippen molar-refractivity contribution in [1.29, 1.82) is 0 Å². The van der Waals surface area contributed by atoms with Gasteiger partial charge in [-0.1, -0.05) is 6.07 Å². The van der Waals surface area contributed by atoms with Gasteiger partial charge in [0.15, 0.2) is 5.69 Å². The van der Waals surface area contributed by atoms with Gasteiger partial charge in [0.25, 0.3) is 5.91 Å². The molecule has 1 fully saturated rings. The predicted octanol–water partition coefficient (Wildman–Crippen LogP) is 3.10. The summed E-state index contributed by atoms with van der Waals surface area (Å²) in [5, 5.41) is 15.2. The molecule has 1 aliphatic rings. The van der Waals surface area contributed by atoms with Crippen LogP contribution in [0.25, 0.3) is 5.69 Å². The Labute approximate surface area is 151 Å². The van der Waals surface area contributed by atoms with Gasteiger partial charge in [-0.05, 0) is 38.0 Å². The zero-order chi connectivity index (χ0) is 19.8. The molecule has 1 aromatic heterocycles. The number of nitrogens with zero attached hydrogens (tertiary/aromatic N) is 2. The number of nitrogens with one attached hydrogen (secondary N) is 1. The van der Waals surface area contributed by atoms with E-state index >= 15 is 0 Å². The molecule has 1 saturated heterocycles. The Morgan fingerprint density at radius 1 is 1.37 bits per heavy atom. The molecule has 1 unspecified atom stereocenters. The van der Waals surface area contributed by atoms with Crippen molar-refractivity contribution in [1.82, 2.24) is 9.78 Å². The first-order valence-electron chi connectivity index (χ1n) is 8.06. The van der Waals surface area contributed by atoms with Crippen LogP contribution in [0, 0.1) is 0 Å². The van der Waals surface area contributed by atoms with Gasteiger partial charge < -0.3 is 15.2 Å². The average Bonchev–Trinajstić information content (AvgIpc) is 3.22. The highest BCUT2D eigenvalue weighted by molar-refractivity contribution is 5.97. The van der Waals surface area contributed by atoms with E-state index in [0.717, 1.165) is 6.42 Å². The molecular formula is C17H16F3N3O4. The number of halogens is 3. The van der Waals surface area contributed by atoms with E-state index in [4.69, 9.17) is 9.84 Å². The van der Waals surface area contributed by atoms with Gasteiger partial charge in [0.05, 0.1) is 11.9 Å². The first-order valence-corrected chi connectivity index (χ1v) is 8.06. The van der Waals surface area contributed by atoms with Gasteiger partial charge in [0, 0.05) is 12.3 Å². The highest BCUT2D eigenvalue weighted by Gasteiger charge is 2.41. The SMILES string of the molecule is CC1(C(=O)Nc2cccc(-n3ncc(C(=O)O)c3C(F)(F)F)c2)CCCO1. The fourth-order valence-corrected chi connectivity index (χ4v) is 2.91. The number of carbonyl (C=O) groups excluding carboxylic acids is 1. The van der Waals surface area contributed by atoms with Crippen molar-refractivity contribution >= 4 is 17.6 Å². The Bertz CT molecular complexity index is 886. The molecule has 0 radical (unpaired) electrons. The summed E-state index contributed by atoms with van der Waals surface area (Å²) in [7, 11) is 0. The lowest BCUT2D eigenvalue weighted by Crippen LogP contribution is -2.39. The minimum atomic E-state index is -4.92. The maximum Gasteiger partial charge on any atom is 0.434 e. The average molecular weight is 383 g/mol. The maximum atomic E-state index is 13.3. The number of aromatic carboxylic acids is 1. The van der Waals surface area contributed by atoms with Gasteiger partial charge in [0.2, 0.25) is 0 Å². The number of amides is 1. The van der Waals surface area contributed by atoms with Gasteiger partial charge in [-0.2, -0.15) is 18.3 Å². The van der Waals surface area contributed by atoms with Gasteiger partial charge in [-0.3, -0.25) is 4.79 Å². The summed E-state index contributed by atoms with van der Waals surface area (Å²) in [5.41, 5.74) is -3.14. The van der Waals surface area contributed by atoms with Crippen LogP contribution in [0.4, 0.5) is 18.9 Å². The van der Waals surface area contributed by atoms with Crippen LogP contribution in [0.3, 0.4) is 0 Å². The molecule has 2 aromatic rings. The van der Waals surface area contributed by atoms with E-state index in [0.29, 0.717) is 23.9 Å². The number of hydrogen-bond acceptors (Lipinski definition) is 4. The minimum Gasteiger partial charge on any atom is -0.478 e. The van der Waals surface area contributed by atoms with Crippen molar-refractivity contribution in [3.63, 3.8) is 0 Å². The van der Waals surface area contributed by atoms with E-state index in [2.05, 4.69) is 10.4 Å². The zero-order valence-corrected chi connectivity index (χ0v) is 14.2. The third-order valence-corrected chi connectivity index (χ3v) is 4.32. The third-order valence-electron chi connectivity index (χ3n) is 4.32. The number of rotatable bonds is 4. The number of anilines is 1. The number of aromatic nitrogens is 2. The summed E-state index contributed by atoms with van der Waals surface area (Å²) in [5.74, 6) is -2.13. The molecule has 10 heteroatoms. The van der Waals surface area contributed by atoms with Crippen LogP contribution in [0.2, 0.25) is 0 Å². The second-order valence-electron chi connectivity index (χ2n) is 6.31. The van der Waals surface area contributed by atoms with Crippen molar-refractivity contribution < 1.29 is 32.6 Å². The van der Waals surface area contributed by atoms with Gasteiger partial charge in [-0.15, -0.1) is 0 Å². The largest absolute Gasteiger partial charge is 0.478 e. The fraction of sp³-hybridized carbons (Fsp3) is 0.353. The summed E-state index contributed by atoms with van der Waals surface area (Å²) in [6.45, 7) is 2.11. The quantitative estimate of drug-likeness (QED) is 0.846. The molecule has 144 valence electrons. The van der Waals surface area contributed by atoms with Crippen molar-refractivity contribution in [2.45, 2.75) is 31.5 Å². The van der Waals surface area contributed by atoms with E-state index in [1.165, 1.54) is 24.3 Å². The number of hydrogen-bond donors (Lipinski definition) is 2. The van der Waals surface area contributed by atoms with Gasteiger partial charge in [0.1, 0.15) is 11.2 Å². The van der Waals surface area contributed by atoms with Gasteiger partial charge >= 0.3 is 12.1 Å². The summed E-state index contributed by atoms with van der Waals surface area (Å²) in [6.07, 6.45) is -3.00. The molecule has 0 aliphatic carbocycles. The molecule has 0 saturated carbocycles. The Morgan fingerprint density at radius 2 is 2.11 bits per heavy atom. The van der Waals surface area contributed by atoms with E-state index in [1.54, 1.807) is 6.92 Å². The van der Waals surface area contributed by atoms with Crippen LogP contribution in [0.1, 0.15) is 35.8 Å². The molecule has 3 rings (SSSR count). The number of carboxylic acid groups (broad SMARTS) is 1. The number of benzene rings is 1. The molecule has 1 aromatic carbocycles. The minimum absolute atomic E-state index is 0.0369. The number of carbonyl (C=O) groups is 2. The Morgan fingerprint density at radius 3 is 2.70 bits per heavy atom. The number of ether oxygens (including phenoxy) is 1. The van der Waals surface area contributed by atoms with Crippen LogP contribution in [0.15, 0.2) is 30.5 Å². The third kappa shape index (κ3) is 3.65. The molecule has 2 heterocycles. The molecule has 1 atom stereocenters. The predicted molar refractivity (Wildman–Crippen MR) is 87.7 cm³/mol. The molecule has 2 N–H and O–H groups in total. The highest BCUT2D eigenvalue weighted by atomic mass is 19.4. The monoisotopic (exact) mass is 383 g/mol. The number of carboxylic acids is 1. The second kappa shape index (κ2) is 6.69. The Balaban J connectivity index is 1.95. The van der Waals surface area contributed by atoms with Crippen LogP contribution < -0.4 is 5.32 Å². The zero-order valence-electron chi connectivity index (χ0n) is 14.2. The summed E-state index contributed by atoms with van der Waals surface area (Å²) in [4.78, 5) is 23.5.